The molecule has 108 valence electrons. The molecule has 0 saturated heterocycles. The highest BCUT2D eigenvalue weighted by molar-refractivity contribution is 6.21. The lowest BCUT2D eigenvalue weighted by Gasteiger charge is -2.13. The Bertz CT molecular complexity index is 694. The molecule has 0 heterocycles. The zero-order valence-corrected chi connectivity index (χ0v) is 12.8. The fourth-order valence-corrected chi connectivity index (χ4v) is 4.56. The fraction of sp³-hybridized carbons (Fsp3) is 0.368. The molecule has 4 unspecified atom stereocenters. The third-order valence-electron chi connectivity index (χ3n) is 5.23. The summed E-state index contributed by atoms with van der Waals surface area (Å²) in [5, 5.41) is -0.00884. The summed E-state index contributed by atoms with van der Waals surface area (Å²) < 4.78 is 13.4. The largest absolute Gasteiger partial charge is 0.207 e. The molecule has 0 N–H and O–H groups in total. The van der Waals surface area contributed by atoms with E-state index in [0.717, 1.165) is 5.56 Å². The minimum absolute atomic E-state index is 0.00884. The van der Waals surface area contributed by atoms with Crippen molar-refractivity contribution in [3.05, 3.63) is 70.5 Å². The lowest BCUT2D eigenvalue weighted by molar-refractivity contribution is 0.610. The Balaban J connectivity index is 1.63. The van der Waals surface area contributed by atoms with Crippen LogP contribution in [0.25, 0.3) is 0 Å². The first-order valence-corrected chi connectivity index (χ1v) is 8.08. The van der Waals surface area contributed by atoms with Crippen molar-refractivity contribution in [3.8, 4) is 0 Å². The zero-order valence-electron chi connectivity index (χ0n) is 12.0. The summed E-state index contributed by atoms with van der Waals surface area (Å²) in [6.07, 6.45) is 2.40. The molecule has 1 saturated carbocycles. The summed E-state index contributed by atoms with van der Waals surface area (Å²) >= 11 is 6.75. The molecule has 0 radical (unpaired) electrons. The van der Waals surface area contributed by atoms with E-state index in [2.05, 4.69) is 24.3 Å². The van der Waals surface area contributed by atoms with Crippen LogP contribution in [-0.2, 0) is 6.42 Å². The van der Waals surface area contributed by atoms with Crippen molar-refractivity contribution in [1.82, 2.24) is 0 Å². The van der Waals surface area contributed by atoms with Crippen molar-refractivity contribution in [2.24, 2.45) is 11.8 Å². The van der Waals surface area contributed by atoms with Crippen LogP contribution in [0.5, 0.6) is 0 Å². The number of benzene rings is 2. The van der Waals surface area contributed by atoms with Gasteiger partial charge in [-0.05, 0) is 65.8 Å². The van der Waals surface area contributed by atoms with Gasteiger partial charge >= 0.3 is 0 Å². The molecule has 0 bridgehead atoms. The maximum Gasteiger partial charge on any atom is 0.126 e. The number of aryl methyl sites for hydroxylation is 2. The highest BCUT2D eigenvalue weighted by Gasteiger charge is 2.56. The van der Waals surface area contributed by atoms with Gasteiger partial charge in [0.25, 0.3) is 0 Å². The van der Waals surface area contributed by atoms with E-state index in [1.54, 1.807) is 13.0 Å². The average Bonchev–Trinajstić information content (AvgIpc) is 3.24. The Morgan fingerprint density at radius 3 is 2.81 bits per heavy atom. The summed E-state index contributed by atoms with van der Waals surface area (Å²) in [5.74, 6) is 1.65. The van der Waals surface area contributed by atoms with Crippen molar-refractivity contribution in [2.45, 2.75) is 31.1 Å². The van der Waals surface area contributed by atoms with Crippen LogP contribution >= 0.6 is 11.6 Å². The first-order chi connectivity index (χ1) is 10.2. The Hall–Kier alpha value is -1.34. The molecule has 2 aromatic carbocycles. The van der Waals surface area contributed by atoms with Gasteiger partial charge in [0.05, 0.1) is 5.38 Å². The third-order valence-corrected chi connectivity index (χ3v) is 5.77. The summed E-state index contributed by atoms with van der Waals surface area (Å²) in [5.41, 5.74) is 4.72. The SMILES string of the molecule is Cc1cc(C(Cl)C2C3CCc4ccccc4C32)ccc1F. The summed E-state index contributed by atoms with van der Waals surface area (Å²) in [6.45, 7) is 1.80. The first kappa shape index (κ1) is 13.3. The second kappa shape index (κ2) is 4.84. The lowest BCUT2D eigenvalue weighted by Crippen LogP contribution is -2.00. The molecule has 0 aromatic heterocycles. The highest BCUT2D eigenvalue weighted by Crippen LogP contribution is 2.65. The number of halogens is 2. The van der Waals surface area contributed by atoms with E-state index in [0.29, 0.717) is 23.3 Å². The quantitative estimate of drug-likeness (QED) is 0.652. The van der Waals surface area contributed by atoms with Crippen molar-refractivity contribution in [2.75, 3.05) is 0 Å². The summed E-state index contributed by atoms with van der Waals surface area (Å²) in [4.78, 5) is 0. The lowest BCUT2D eigenvalue weighted by atomic mass is 9.92. The van der Waals surface area contributed by atoms with Gasteiger partial charge in [-0.2, -0.15) is 0 Å². The number of hydrogen-bond acceptors (Lipinski definition) is 0. The molecule has 1 fully saturated rings. The molecule has 0 aliphatic heterocycles. The third kappa shape index (κ3) is 2.10. The number of hydrogen-bond donors (Lipinski definition) is 0. The van der Waals surface area contributed by atoms with Gasteiger partial charge in [0.1, 0.15) is 5.82 Å². The van der Waals surface area contributed by atoms with Crippen molar-refractivity contribution < 1.29 is 4.39 Å². The second-order valence-corrected chi connectivity index (χ2v) is 6.89. The molecule has 4 rings (SSSR count). The van der Waals surface area contributed by atoms with E-state index in [1.807, 2.05) is 12.1 Å². The maximum atomic E-state index is 13.4. The van der Waals surface area contributed by atoms with Crippen LogP contribution in [0.3, 0.4) is 0 Å². The van der Waals surface area contributed by atoms with E-state index in [9.17, 15) is 4.39 Å². The van der Waals surface area contributed by atoms with Gasteiger partial charge in [0.2, 0.25) is 0 Å². The van der Waals surface area contributed by atoms with Gasteiger partial charge in [-0.3, -0.25) is 0 Å². The van der Waals surface area contributed by atoms with Crippen LogP contribution in [0.4, 0.5) is 4.39 Å². The fourth-order valence-electron chi connectivity index (χ4n) is 4.08. The molecule has 0 nitrogen and oxygen atoms in total. The number of rotatable bonds is 2. The van der Waals surface area contributed by atoms with E-state index < -0.39 is 0 Å². The summed E-state index contributed by atoms with van der Waals surface area (Å²) in [6, 6.07) is 14.0. The van der Waals surface area contributed by atoms with Crippen LogP contribution in [0.15, 0.2) is 42.5 Å². The standard InChI is InChI=1S/C19H18ClF/c1-11-10-13(7-9-16(11)21)19(20)18-15-8-6-12-4-2-3-5-14(12)17(15)18/h2-5,7,9-10,15,17-19H,6,8H2,1H3. The average molecular weight is 301 g/mol. The Morgan fingerprint density at radius 2 is 2.00 bits per heavy atom. The molecular formula is C19H18ClF. The molecule has 2 aliphatic carbocycles. The van der Waals surface area contributed by atoms with E-state index in [-0.39, 0.29) is 11.2 Å². The van der Waals surface area contributed by atoms with Gasteiger partial charge in [-0.15, -0.1) is 11.6 Å². The molecule has 21 heavy (non-hydrogen) atoms. The van der Waals surface area contributed by atoms with Crippen LogP contribution in [-0.4, -0.2) is 0 Å². The van der Waals surface area contributed by atoms with Crippen molar-refractivity contribution in [3.63, 3.8) is 0 Å². The van der Waals surface area contributed by atoms with Gasteiger partial charge < -0.3 is 0 Å². The van der Waals surface area contributed by atoms with E-state index >= 15 is 0 Å². The Kier molecular flexibility index (Phi) is 3.08. The molecule has 2 heteroatoms. The molecule has 2 aromatic rings. The Morgan fingerprint density at radius 1 is 1.19 bits per heavy atom. The van der Waals surface area contributed by atoms with E-state index in [4.69, 9.17) is 11.6 Å². The van der Waals surface area contributed by atoms with Gasteiger partial charge in [-0.1, -0.05) is 36.4 Å². The Labute approximate surface area is 130 Å². The monoisotopic (exact) mass is 300 g/mol. The molecule has 0 spiro atoms. The molecular weight excluding hydrogens is 283 g/mol. The molecule has 4 atom stereocenters. The normalized spacial score (nSPS) is 27.7. The summed E-state index contributed by atoms with van der Waals surface area (Å²) in [7, 11) is 0. The van der Waals surface area contributed by atoms with Crippen LogP contribution in [0, 0.1) is 24.6 Å². The van der Waals surface area contributed by atoms with Crippen LogP contribution in [0.1, 0.15) is 40.0 Å². The predicted octanol–water partition coefficient (Wildman–Crippen LogP) is 5.39. The van der Waals surface area contributed by atoms with Crippen molar-refractivity contribution in [1.29, 1.82) is 0 Å². The minimum Gasteiger partial charge on any atom is -0.207 e. The number of fused-ring (bicyclic) bond motifs is 3. The molecule has 2 aliphatic rings. The topological polar surface area (TPSA) is 0 Å². The predicted molar refractivity (Wildman–Crippen MR) is 84.2 cm³/mol. The zero-order chi connectivity index (χ0) is 14.6. The van der Waals surface area contributed by atoms with Gasteiger partial charge in [0, 0.05) is 0 Å². The van der Waals surface area contributed by atoms with Gasteiger partial charge in [-0.25, -0.2) is 4.39 Å². The second-order valence-electron chi connectivity index (χ2n) is 6.41. The smallest absolute Gasteiger partial charge is 0.126 e. The van der Waals surface area contributed by atoms with Crippen LogP contribution < -0.4 is 0 Å². The minimum atomic E-state index is -0.152. The number of alkyl halides is 1. The first-order valence-electron chi connectivity index (χ1n) is 7.65. The van der Waals surface area contributed by atoms with Gasteiger partial charge in [0.15, 0.2) is 0 Å². The van der Waals surface area contributed by atoms with Crippen molar-refractivity contribution >= 4 is 11.6 Å². The van der Waals surface area contributed by atoms with E-state index in [1.165, 1.54) is 24.0 Å². The molecule has 0 amide bonds. The maximum absolute atomic E-state index is 13.4. The van der Waals surface area contributed by atoms with Crippen LogP contribution in [0.2, 0.25) is 0 Å². The highest BCUT2D eigenvalue weighted by atomic mass is 35.5.